The molecule has 0 aliphatic carbocycles. The molecule has 0 aliphatic rings. The van der Waals surface area contributed by atoms with Crippen molar-refractivity contribution < 1.29 is 0 Å². The van der Waals surface area contributed by atoms with Gasteiger partial charge in [-0.1, -0.05) is 358 Å². The number of aromatic nitrogens is 4. The van der Waals surface area contributed by atoms with Gasteiger partial charge in [-0.2, -0.15) is 0 Å². The van der Waals surface area contributed by atoms with Crippen LogP contribution in [-0.2, 0) is 0 Å². The lowest BCUT2D eigenvalue weighted by Gasteiger charge is -2.15. The maximum absolute atomic E-state index is 2.43. The van der Waals surface area contributed by atoms with Crippen molar-refractivity contribution in [3.63, 3.8) is 0 Å². The largest absolute Gasteiger partial charge is 0.309 e. The smallest absolute Gasteiger partial charge is 0.0541 e. The van der Waals surface area contributed by atoms with Crippen molar-refractivity contribution in [2.75, 3.05) is 0 Å². The van der Waals surface area contributed by atoms with E-state index in [-0.39, 0.29) is 0 Å². The first kappa shape index (κ1) is 72.8. The van der Waals surface area contributed by atoms with Crippen LogP contribution in [0.1, 0.15) is 0 Å². The maximum atomic E-state index is 2.43. The first-order valence-corrected chi connectivity index (χ1v) is 42.7. The molecule has 4 heterocycles. The van der Waals surface area contributed by atoms with Crippen molar-refractivity contribution in [3.8, 4) is 134 Å². The van der Waals surface area contributed by atoms with Crippen molar-refractivity contribution in [1.82, 2.24) is 18.3 Å². The van der Waals surface area contributed by atoms with E-state index < -0.39 is 0 Å². The predicted molar refractivity (Wildman–Crippen MR) is 525 cm³/mol. The quantitative estimate of drug-likeness (QED) is 0.103. The third-order valence-electron chi connectivity index (χ3n) is 25.1. The Labute approximate surface area is 719 Å². The van der Waals surface area contributed by atoms with E-state index in [2.05, 4.69) is 504 Å². The summed E-state index contributed by atoms with van der Waals surface area (Å²) in [6.45, 7) is 0. The lowest BCUT2D eigenvalue weighted by Crippen LogP contribution is -1.96. The van der Waals surface area contributed by atoms with Gasteiger partial charge in [-0.05, 0) is 239 Å². The highest BCUT2D eigenvalue weighted by Gasteiger charge is 2.23. The first-order chi connectivity index (χ1) is 61.5. The average molecular weight is 1580 g/mol. The Kier molecular flexibility index (Phi) is 18.2. The molecule has 0 bridgehead atoms. The molecule has 24 aromatic rings. The van der Waals surface area contributed by atoms with E-state index in [1.54, 1.807) is 0 Å². The Morgan fingerprint density at radius 3 is 0.669 bits per heavy atom. The van der Waals surface area contributed by atoms with E-state index in [0.29, 0.717) is 0 Å². The number of hydrogen-bond donors (Lipinski definition) is 0. The van der Waals surface area contributed by atoms with Gasteiger partial charge in [-0.3, -0.25) is 0 Å². The molecule has 124 heavy (non-hydrogen) atoms. The van der Waals surface area contributed by atoms with Crippen LogP contribution >= 0.6 is 0 Å². The zero-order valence-electron chi connectivity index (χ0n) is 68.0. The van der Waals surface area contributed by atoms with Crippen LogP contribution in [0.3, 0.4) is 0 Å². The Balaban J connectivity index is 0.000000143. The topological polar surface area (TPSA) is 19.7 Å². The van der Waals surface area contributed by atoms with Gasteiger partial charge in [0.25, 0.3) is 0 Å². The molecular formula is C120H80N4. The summed E-state index contributed by atoms with van der Waals surface area (Å²) in [5.74, 6) is 0. The molecule has 4 heteroatoms. The summed E-state index contributed by atoms with van der Waals surface area (Å²) in [4.78, 5) is 0. The Morgan fingerprint density at radius 2 is 0.315 bits per heavy atom. The first-order valence-electron chi connectivity index (χ1n) is 42.7. The fourth-order valence-electron chi connectivity index (χ4n) is 19.2. The summed E-state index contributed by atoms with van der Waals surface area (Å²) in [6, 6.07) is 177. The van der Waals surface area contributed by atoms with Crippen LogP contribution in [0.2, 0.25) is 0 Å². The molecule has 0 unspecified atom stereocenters. The number of para-hydroxylation sites is 4. The van der Waals surface area contributed by atoms with E-state index in [4.69, 9.17) is 0 Å². The number of hydrogen-bond acceptors (Lipinski definition) is 0. The summed E-state index contributed by atoms with van der Waals surface area (Å²) in [6.07, 6.45) is 0. The molecule has 20 aromatic carbocycles. The summed E-state index contributed by atoms with van der Waals surface area (Å²) >= 11 is 0. The molecule has 0 saturated heterocycles. The fraction of sp³-hybridized carbons (Fsp3) is 0. The molecule has 0 saturated carbocycles. The summed E-state index contributed by atoms with van der Waals surface area (Å²) < 4.78 is 9.68. The van der Waals surface area contributed by atoms with Crippen LogP contribution in [0.4, 0.5) is 0 Å². The van der Waals surface area contributed by atoms with Crippen LogP contribution < -0.4 is 0 Å². The average Bonchev–Trinajstić information content (AvgIpc) is 1.59. The van der Waals surface area contributed by atoms with Gasteiger partial charge in [0, 0.05) is 65.8 Å². The molecule has 0 N–H and O–H groups in total. The molecule has 0 radical (unpaired) electrons. The maximum Gasteiger partial charge on any atom is 0.0541 e. The lowest BCUT2D eigenvalue weighted by atomic mass is 9.94. The molecule has 24 rings (SSSR count). The van der Waals surface area contributed by atoms with Gasteiger partial charge in [-0.15, -0.1) is 0 Å². The van der Waals surface area contributed by atoms with E-state index in [1.165, 1.54) is 198 Å². The van der Waals surface area contributed by atoms with Crippen molar-refractivity contribution in [1.29, 1.82) is 0 Å². The van der Waals surface area contributed by atoms with Crippen molar-refractivity contribution in [3.05, 3.63) is 485 Å². The van der Waals surface area contributed by atoms with Gasteiger partial charge < -0.3 is 18.3 Å². The van der Waals surface area contributed by atoms with Gasteiger partial charge in [0.2, 0.25) is 0 Å². The van der Waals surface area contributed by atoms with Gasteiger partial charge in [0.05, 0.1) is 44.1 Å². The molecule has 580 valence electrons. The Morgan fingerprint density at radius 1 is 0.0968 bits per heavy atom. The highest BCUT2D eigenvalue weighted by molar-refractivity contribution is 6.15. The molecule has 4 nitrogen and oxygen atoms in total. The minimum Gasteiger partial charge on any atom is -0.309 e. The molecule has 0 spiro atoms. The van der Waals surface area contributed by atoms with Crippen molar-refractivity contribution in [2.45, 2.75) is 0 Å². The number of benzene rings is 20. The molecule has 0 aliphatic heterocycles. The third kappa shape index (κ3) is 13.0. The predicted octanol–water partition coefficient (Wildman–Crippen LogP) is 32.4. The lowest BCUT2D eigenvalue weighted by molar-refractivity contribution is 1.18. The van der Waals surface area contributed by atoms with Crippen LogP contribution in [0, 0.1) is 0 Å². The van der Waals surface area contributed by atoms with Gasteiger partial charge >= 0.3 is 0 Å². The van der Waals surface area contributed by atoms with Gasteiger partial charge in [0.15, 0.2) is 0 Å². The molecular weight excluding hydrogens is 1500 g/mol. The second-order valence-electron chi connectivity index (χ2n) is 32.2. The summed E-state index contributed by atoms with van der Waals surface area (Å²) in [5.41, 5.74) is 38.4. The standard InChI is InChI=1S/2C60H40N2/c1-4-16-41(17-5-1)44-22-14-23-45(36-44)46-24-15-25-49(37-46)61-57-28-12-10-26-52(57)55-38-47(30-34-59(55)61)48-31-35-60-56(39-48)53-27-11-13-29-58(53)62(60)50-32-33-51(42-18-6-2-7-19-42)54(40-50)43-20-8-3-9-21-43;1-4-16-41(17-5-1)49-22-10-11-23-50(49)44-28-32-47(33-29-44)61-57-26-14-12-24-52(57)55-38-45(30-36-59(55)61)46-31-37-60-56(39-46)53-25-13-15-27-58(53)62(60)48-34-35-51(42-18-6-2-7-19-42)54(40-48)43-20-8-3-9-21-43/h2*1-40H. The van der Waals surface area contributed by atoms with Crippen LogP contribution in [-0.4, -0.2) is 18.3 Å². The zero-order valence-corrected chi connectivity index (χ0v) is 68.0. The van der Waals surface area contributed by atoms with Gasteiger partial charge in [-0.25, -0.2) is 0 Å². The normalized spacial score (nSPS) is 11.5. The minimum atomic E-state index is 1.14. The monoisotopic (exact) mass is 1580 g/mol. The Bertz CT molecular complexity index is 8180. The number of fused-ring (bicyclic) bond motifs is 12. The van der Waals surface area contributed by atoms with Crippen LogP contribution in [0.5, 0.6) is 0 Å². The number of rotatable bonds is 14. The third-order valence-corrected chi connectivity index (χ3v) is 25.1. The van der Waals surface area contributed by atoms with E-state index in [0.717, 1.165) is 22.7 Å². The number of nitrogens with zero attached hydrogens (tertiary/aromatic N) is 4. The highest BCUT2D eigenvalue weighted by atomic mass is 15.0. The SMILES string of the molecule is c1ccc(-c2cccc(-c3cccc(-n4c5ccccc5c5cc(-c6ccc7c(c6)c6ccccc6n7-c6ccc(-c7ccccc7)c(-c7ccccc7)c6)ccc54)c3)c2)cc1.c1ccc(-c2ccccc2-c2ccc(-n3c4ccccc4c4cc(-c5ccc6c(c5)c5ccccc5n6-c5ccc(-c6ccccc6)c(-c6ccccc6)c5)ccc43)cc2)cc1. The van der Waals surface area contributed by atoms with Crippen molar-refractivity contribution in [2.24, 2.45) is 0 Å². The summed E-state index contributed by atoms with van der Waals surface area (Å²) in [7, 11) is 0. The van der Waals surface area contributed by atoms with Crippen LogP contribution in [0.15, 0.2) is 485 Å². The molecule has 0 atom stereocenters. The molecule has 0 amide bonds. The van der Waals surface area contributed by atoms with Crippen LogP contribution in [0.25, 0.3) is 221 Å². The van der Waals surface area contributed by atoms with E-state index in [9.17, 15) is 0 Å². The molecule has 0 fully saturated rings. The van der Waals surface area contributed by atoms with Crippen molar-refractivity contribution >= 4 is 87.2 Å². The molecule has 4 aromatic heterocycles. The fourth-order valence-corrected chi connectivity index (χ4v) is 19.2. The minimum absolute atomic E-state index is 1.14. The van der Waals surface area contributed by atoms with E-state index >= 15 is 0 Å². The highest BCUT2D eigenvalue weighted by Crippen LogP contribution is 2.46. The van der Waals surface area contributed by atoms with Gasteiger partial charge in [0.1, 0.15) is 0 Å². The van der Waals surface area contributed by atoms with E-state index in [1.807, 2.05) is 0 Å². The second-order valence-corrected chi connectivity index (χ2v) is 32.2. The summed E-state index contributed by atoms with van der Waals surface area (Å²) in [5, 5.41) is 9.93. The second kappa shape index (κ2) is 31.1. The zero-order chi connectivity index (χ0) is 82.0. The Hall–Kier alpha value is -16.4.